The molecule has 0 atom stereocenters. The van der Waals surface area contributed by atoms with Gasteiger partial charge in [-0.2, -0.15) is 0 Å². The number of anilines is 4. The average Bonchev–Trinajstić information content (AvgIpc) is 2.57. The molecule has 0 aliphatic carbocycles. The zero-order valence-corrected chi connectivity index (χ0v) is 13.7. The molecule has 2 N–H and O–H groups in total. The van der Waals surface area contributed by atoms with E-state index in [-0.39, 0.29) is 11.5 Å². The van der Waals surface area contributed by atoms with Crippen molar-refractivity contribution in [1.82, 2.24) is 9.97 Å². The predicted molar refractivity (Wildman–Crippen MR) is 91.1 cm³/mol. The highest BCUT2D eigenvalue weighted by molar-refractivity contribution is 6.33. The molecule has 128 valence electrons. The Bertz CT molecular complexity index is 934. The second-order valence-electron chi connectivity index (χ2n) is 5.14. The largest absolute Gasteiger partial charge is 0.339 e. The van der Waals surface area contributed by atoms with Crippen molar-refractivity contribution < 1.29 is 13.2 Å². The summed E-state index contributed by atoms with van der Waals surface area (Å²) in [7, 11) is 0. The lowest BCUT2D eigenvalue weighted by Crippen LogP contribution is -2.04. The Morgan fingerprint density at radius 3 is 2.16 bits per heavy atom. The van der Waals surface area contributed by atoms with E-state index in [4.69, 9.17) is 11.6 Å². The van der Waals surface area contributed by atoms with E-state index in [1.807, 2.05) is 0 Å². The zero-order valence-electron chi connectivity index (χ0n) is 12.9. The van der Waals surface area contributed by atoms with Crippen LogP contribution < -0.4 is 10.6 Å². The number of para-hydroxylation sites is 1. The number of nitrogens with zero attached hydrogens (tertiary/aromatic N) is 2. The SMILES string of the molecule is Cc1nc(Nc2ccccc2Cl)cc(Nc2ccc(F)c(F)c2F)n1. The van der Waals surface area contributed by atoms with E-state index in [0.717, 1.165) is 12.1 Å². The summed E-state index contributed by atoms with van der Waals surface area (Å²) < 4.78 is 40.1. The van der Waals surface area contributed by atoms with Crippen molar-refractivity contribution in [2.45, 2.75) is 6.92 Å². The van der Waals surface area contributed by atoms with Crippen LogP contribution in [0.1, 0.15) is 5.82 Å². The van der Waals surface area contributed by atoms with Crippen LogP contribution in [-0.2, 0) is 0 Å². The van der Waals surface area contributed by atoms with Crippen LogP contribution in [0.2, 0.25) is 5.02 Å². The van der Waals surface area contributed by atoms with Gasteiger partial charge < -0.3 is 10.6 Å². The standard InChI is InChI=1S/C17H12ClF3N4/c1-9-22-14(24-12-5-3-2-4-10(12)18)8-15(23-9)25-13-7-6-11(19)16(20)17(13)21/h2-8H,1H3,(H2,22,23,24,25). The number of benzene rings is 2. The third-order valence-corrected chi connectivity index (χ3v) is 3.60. The van der Waals surface area contributed by atoms with Gasteiger partial charge in [0, 0.05) is 6.07 Å². The smallest absolute Gasteiger partial charge is 0.196 e. The van der Waals surface area contributed by atoms with E-state index >= 15 is 0 Å². The Morgan fingerprint density at radius 1 is 0.840 bits per heavy atom. The summed E-state index contributed by atoms with van der Waals surface area (Å²) in [5.41, 5.74) is 0.396. The number of halogens is 4. The minimum Gasteiger partial charge on any atom is -0.339 e. The van der Waals surface area contributed by atoms with Gasteiger partial charge in [-0.1, -0.05) is 23.7 Å². The highest BCUT2D eigenvalue weighted by Crippen LogP contribution is 2.27. The van der Waals surface area contributed by atoms with Crippen molar-refractivity contribution in [3.63, 3.8) is 0 Å². The summed E-state index contributed by atoms with van der Waals surface area (Å²) in [6.45, 7) is 1.64. The molecule has 0 unspecified atom stereocenters. The molecule has 0 spiro atoms. The number of nitrogens with one attached hydrogen (secondary N) is 2. The van der Waals surface area contributed by atoms with Crippen LogP contribution in [-0.4, -0.2) is 9.97 Å². The van der Waals surface area contributed by atoms with Gasteiger partial charge in [0.15, 0.2) is 17.5 Å². The Hall–Kier alpha value is -2.80. The van der Waals surface area contributed by atoms with Gasteiger partial charge in [0.05, 0.1) is 16.4 Å². The van der Waals surface area contributed by atoms with E-state index < -0.39 is 17.5 Å². The van der Waals surface area contributed by atoms with Crippen molar-refractivity contribution in [1.29, 1.82) is 0 Å². The molecule has 0 bridgehead atoms. The lowest BCUT2D eigenvalue weighted by molar-refractivity contribution is 0.449. The summed E-state index contributed by atoms with van der Waals surface area (Å²) in [4.78, 5) is 8.33. The topological polar surface area (TPSA) is 49.8 Å². The molecule has 25 heavy (non-hydrogen) atoms. The van der Waals surface area contributed by atoms with Gasteiger partial charge in [0.25, 0.3) is 0 Å². The number of rotatable bonds is 4. The molecule has 0 aliphatic heterocycles. The number of hydrogen-bond donors (Lipinski definition) is 2. The van der Waals surface area contributed by atoms with Crippen molar-refractivity contribution in [3.05, 3.63) is 70.8 Å². The maximum atomic E-state index is 13.8. The Balaban J connectivity index is 1.90. The van der Waals surface area contributed by atoms with Crippen LogP contribution in [0.4, 0.5) is 36.2 Å². The summed E-state index contributed by atoms with van der Waals surface area (Å²) in [5, 5.41) is 6.14. The summed E-state index contributed by atoms with van der Waals surface area (Å²) in [5.74, 6) is -3.12. The Labute approximate surface area is 146 Å². The summed E-state index contributed by atoms with van der Waals surface area (Å²) in [6, 6.07) is 10.5. The molecule has 0 saturated carbocycles. The third-order valence-electron chi connectivity index (χ3n) is 3.27. The van der Waals surface area contributed by atoms with Crippen LogP contribution in [0.3, 0.4) is 0 Å². The first-order chi connectivity index (χ1) is 11.9. The molecular weight excluding hydrogens is 353 g/mol. The van der Waals surface area contributed by atoms with Gasteiger partial charge in [-0.15, -0.1) is 0 Å². The van der Waals surface area contributed by atoms with Gasteiger partial charge >= 0.3 is 0 Å². The molecule has 0 amide bonds. The minimum absolute atomic E-state index is 0.215. The van der Waals surface area contributed by atoms with Gasteiger partial charge in [-0.25, -0.2) is 23.1 Å². The molecule has 2 aromatic carbocycles. The van der Waals surface area contributed by atoms with E-state index in [1.54, 1.807) is 31.2 Å². The van der Waals surface area contributed by atoms with Crippen molar-refractivity contribution >= 4 is 34.6 Å². The number of aromatic nitrogens is 2. The van der Waals surface area contributed by atoms with Gasteiger partial charge in [-0.05, 0) is 31.2 Å². The highest BCUT2D eigenvalue weighted by atomic mass is 35.5. The lowest BCUT2D eigenvalue weighted by atomic mass is 10.2. The quantitative estimate of drug-likeness (QED) is 0.613. The molecular formula is C17H12ClF3N4. The first-order valence-corrected chi connectivity index (χ1v) is 7.59. The maximum Gasteiger partial charge on any atom is 0.196 e. The molecule has 0 saturated heterocycles. The highest BCUT2D eigenvalue weighted by Gasteiger charge is 2.14. The third kappa shape index (κ3) is 3.83. The zero-order chi connectivity index (χ0) is 18.0. The van der Waals surface area contributed by atoms with Crippen molar-refractivity contribution in [3.8, 4) is 0 Å². The Kier molecular flexibility index (Phi) is 4.76. The average molecular weight is 365 g/mol. The molecule has 4 nitrogen and oxygen atoms in total. The fourth-order valence-corrected chi connectivity index (χ4v) is 2.34. The van der Waals surface area contributed by atoms with E-state index in [0.29, 0.717) is 22.4 Å². The van der Waals surface area contributed by atoms with Crippen LogP contribution in [0, 0.1) is 24.4 Å². The van der Waals surface area contributed by atoms with Crippen LogP contribution >= 0.6 is 11.6 Å². The van der Waals surface area contributed by atoms with E-state index in [9.17, 15) is 13.2 Å². The molecule has 3 rings (SSSR count). The fraction of sp³-hybridized carbons (Fsp3) is 0.0588. The van der Waals surface area contributed by atoms with Crippen molar-refractivity contribution in [2.75, 3.05) is 10.6 Å². The van der Waals surface area contributed by atoms with Gasteiger partial charge in [-0.3, -0.25) is 0 Å². The number of hydrogen-bond acceptors (Lipinski definition) is 4. The van der Waals surface area contributed by atoms with E-state index in [1.165, 1.54) is 6.07 Å². The molecule has 1 heterocycles. The molecule has 0 aliphatic rings. The summed E-state index contributed by atoms with van der Waals surface area (Å²) >= 11 is 6.09. The van der Waals surface area contributed by atoms with Gasteiger partial charge in [0.1, 0.15) is 17.5 Å². The molecule has 3 aromatic rings. The Morgan fingerprint density at radius 2 is 1.48 bits per heavy atom. The van der Waals surface area contributed by atoms with Gasteiger partial charge in [0.2, 0.25) is 0 Å². The molecule has 8 heteroatoms. The van der Waals surface area contributed by atoms with Crippen LogP contribution in [0.5, 0.6) is 0 Å². The first kappa shape index (κ1) is 17.0. The first-order valence-electron chi connectivity index (χ1n) is 7.22. The maximum absolute atomic E-state index is 13.8. The predicted octanol–water partition coefficient (Wildman–Crippen LogP) is 5.34. The molecule has 0 fully saturated rings. The van der Waals surface area contributed by atoms with Crippen LogP contribution in [0.25, 0.3) is 0 Å². The monoisotopic (exact) mass is 364 g/mol. The normalized spacial score (nSPS) is 10.6. The minimum atomic E-state index is -1.55. The van der Waals surface area contributed by atoms with E-state index in [2.05, 4.69) is 20.6 Å². The lowest BCUT2D eigenvalue weighted by Gasteiger charge is -2.12. The second-order valence-corrected chi connectivity index (χ2v) is 5.55. The molecule has 0 radical (unpaired) electrons. The van der Waals surface area contributed by atoms with Crippen LogP contribution in [0.15, 0.2) is 42.5 Å². The fourth-order valence-electron chi connectivity index (χ4n) is 2.16. The summed E-state index contributed by atoms with van der Waals surface area (Å²) in [6.07, 6.45) is 0. The second kappa shape index (κ2) is 6.98. The number of aryl methyl sites for hydroxylation is 1. The van der Waals surface area contributed by atoms with Crippen molar-refractivity contribution in [2.24, 2.45) is 0 Å². The molecule has 1 aromatic heterocycles.